The Morgan fingerprint density at radius 3 is 2.88 bits per heavy atom. The number of hydrogen-bond acceptors (Lipinski definition) is 3. The Morgan fingerprint density at radius 2 is 2.25 bits per heavy atom. The van der Waals surface area contributed by atoms with E-state index in [9.17, 15) is 0 Å². The lowest BCUT2D eigenvalue weighted by molar-refractivity contribution is 0.674. The second-order valence-electron chi connectivity index (χ2n) is 3.81. The highest BCUT2D eigenvalue weighted by Gasteiger charge is 2.12. The van der Waals surface area contributed by atoms with Crippen molar-refractivity contribution in [1.29, 1.82) is 0 Å². The standard InChI is InChI=1S/C11H12Br2N2S/c1-7-5-14-11(16-6-7)15-10-3-2-8(12)4-9(10)13/h2-4,7H,5-6H2,1H3,(H,14,15). The highest BCUT2D eigenvalue weighted by Crippen LogP contribution is 2.28. The maximum absolute atomic E-state index is 4.51. The fraction of sp³-hybridized carbons (Fsp3) is 0.364. The van der Waals surface area contributed by atoms with Gasteiger partial charge in [0.1, 0.15) is 0 Å². The Kier molecular flexibility index (Phi) is 4.33. The normalized spacial score (nSPS) is 20.4. The van der Waals surface area contributed by atoms with E-state index >= 15 is 0 Å². The van der Waals surface area contributed by atoms with Crippen LogP contribution in [0.1, 0.15) is 6.92 Å². The maximum atomic E-state index is 4.51. The van der Waals surface area contributed by atoms with Crippen LogP contribution >= 0.6 is 43.6 Å². The fourth-order valence-electron chi connectivity index (χ4n) is 1.34. The minimum Gasteiger partial charge on any atom is -0.334 e. The summed E-state index contributed by atoms with van der Waals surface area (Å²) >= 11 is 8.75. The number of amidine groups is 1. The molecule has 0 spiro atoms. The topological polar surface area (TPSA) is 24.4 Å². The van der Waals surface area contributed by atoms with Gasteiger partial charge in [-0.05, 0) is 40.0 Å². The molecule has 16 heavy (non-hydrogen) atoms. The van der Waals surface area contributed by atoms with E-state index in [-0.39, 0.29) is 0 Å². The lowest BCUT2D eigenvalue weighted by atomic mass is 10.2. The van der Waals surface area contributed by atoms with E-state index < -0.39 is 0 Å². The largest absolute Gasteiger partial charge is 0.334 e. The highest BCUT2D eigenvalue weighted by molar-refractivity contribution is 9.11. The van der Waals surface area contributed by atoms with E-state index in [1.165, 1.54) is 0 Å². The molecule has 1 aliphatic heterocycles. The van der Waals surface area contributed by atoms with Crippen LogP contribution in [-0.4, -0.2) is 17.5 Å². The number of nitrogens with one attached hydrogen (secondary N) is 1. The number of hydrogen-bond donors (Lipinski definition) is 1. The van der Waals surface area contributed by atoms with Gasteiger partial charge in [0.05, 0.1) is 5.69 Å². The van der Waals surface area contributed by atoms with Crippen molar-refractivity contribution in [2.24, 2.45) is 10.9 Å². The molecule has 2 nitrogen and oxygen atoms in total. The summed E-state index contributed by atoms with van der Waals surface area (Å²) in [6, 6.07) is 6.08. The van der Waals surface area contributed by atoms with Gasteiger partial charge in [-0.3, -0.25) is 4.99 Å². The molecule has 0 saturated heterocycles. The van der Waals surface area contributed by atoms with Crippen LogP contribution in [-0.2, 0) is 0 Å². The lowest BCUT2D eigenvalue weighted by Crippen LogP contribution is -2.18. The van der Waals surface area contributed by atoms with Gasteiger partial charge in [0.2, 0.25) is 0 Å². The molecule has 0 bridgehead atoms. The van der Waals surface area contributed by atoms with E-state index in [1.807, 2.05) is 18.2 Å². The Bertz CT molecular complexity index is 420. The third-order valence-corrected chi connectivity index (χ3v) is 4.61. The molecule has 1 unspecified atom stereocenters. The van der Waals surface area contributed by atoms with Crippen LogP contribution in [0, 0.1) is 5.92 Å². The predicted octanol–water partition coefficient (Wildman–Crippen LogP) is 4.36. The molecule has 2 rings (SSSR count). The van der Waals surface area contributed by atoms with Crippen molar-refractivity contribution in [1.82, 2.24) is 0 Å². The van der Waals surface area contributed by atoms with Gasteiger partial charge >= 0.3 is 0 Å². The second kappa shape index (κ2) is 5.56. The highest BCUT2D eigenvalue weighted by atomic mass is 79.9. The van der Waals surface area contributed by atoms with Gasteiger partial charge in [-0.15, -0.1) is 0 Å². The fourth-order valence-corrected chi connectivity index (χ4v) is 3.38. The first-order valence-electron chi connectivity index (χ1n) is 5.04. The molecular weight excluding hydrogens is 352 g/mol. The van der Waals surface area contributed by atoms with Gasteiger partial charge in [0.25, 0.3) is 0 Å². The number of nitrogens with zero attached hydrogens (tertiary/aromatic N) is 1. The van der Waals surface area contributed by atoms with Crippen LogP contribution < -0.4 is 5.32 Å². The molecule has 86 valence electrons. The maximum Gasteiger partial charge on any atom is 0.161 e. The number of rotatable bonds is 1. The summed E-state index contributed by atoms with van der Waals surface area (Å²) in [5.74, 6) is 1.82. The quantitative estimate of drug-likeness (QED) is 0.801. The molecule has 1 atom stereocenters. The minimum absolute atomic E-state index is 0.684. The molecule has 1 heterocycles. The summed E-state index contributed by atoms with van der Waals surface area (Å²) in [5, 5.41) is 4.36. The molecule has 5 heteroatoms. The second-order valence-corrected chi connectivity index (χ2v) is 6.59. The summed E-state index contributed by atoms with van der Waals surface area (Å²) in [6.45, 7) is 3.15. The molecule has 1 N–H and O–H groups in total. The molecule has 0 aliphatic carbocycles. The van der Waals surface area contributed by atoms with Gasteiger partial charge in [-0.2, -0.15) is 0 Å². The Balaban J connectivity index is 2.09. The first-order valence-corrected chi connectivity index (χ1v) is 7.61. The number of benzene rings is 1. The van der Waals surface area contributed by atoms with Crippen LogP contribution in [0.3, 0.4) is 0 Å². The van der Waals surface area contributed by atoms with Crippen molar-refractivity contribution in [3.63, 3.8) is 0 Å². The average molecular weight is 364 g/mol. The van der Waals surface area contributed by atoms with Gasteiger partial charge in [-0.1, -0.05) is 34.6 Å². The van der Waals surface area contributed by atoms with Crippen LogP contribution in [0.2, 0.25) is 0 Å². The third kappa shape index (κ3) is 3.25. The first kappa shape index (κ1) is 12.5. The van der Waals surface area contributed by atoms with E-state index in [2.05, 4.69) is 49.1 Å². The van der Waals surface area contributed by atoms with Crippen LogP contribution in [0.5, 0.6) is 0 Å². The Labute approximate surface area is 117 Å². The van der Waals surface area contributed by atoms with E-state index in [1.54, 1.807) is 11.8 Å². The lowest BCUT2D eigenvalue weighted by Gasteiger charge is -2.18. The van der Waals surface area contributed by atoms with Crippen molar-refractivity contribution in [3.8, 4) is 0 Å². The summed E-state index contributed by atoms with van der Waals surface area (Å²) in [7, 11) is 0. The number of anilines is 1. The van der Waals surface area contributed by atoms with Crippen LogP contribution in [0.15, 0.2) is 32.1 Å². The molecule has 0 aromatic heterocycles. The number of thioether (sulfide) groups is 1. The van der Waals surface area contributed by atoms with Gasteiger partial charge in [0.15, 0.2) is 5.17 Å². The Hall–Kier alpha value is -0.000000000000000111. The molecule has 1 aromatic carbocycles. The summed E-state index contributed by atoms with van der Waals surface area (Å²) in [4.78, 5) is 4.51. The zero-order valence-electron chi connectivity index (χ0n) is 8.84. The van der Waals surface area contributed by atoms with E-state index in [0.717, 1.165) is 32.1 Å². The summed E-state index contributed by atoms with van der Waals surface area (Å²) in [6.07, 6.45) is 0. The number of aliphatic imine (C=N–C) groups is 1. The van der Waals surface area contributed by atoms with Crippen molar-refractivity contribution in [2.45, 2.75) is 6.92 Å². The monoisotopic (exact) mass is 362 g/mol. The van der Waals surface area contributed by atoms with Crippen LogP contribution in [0.25, 0.3) is 0 Å². The first-order chi connectivity index (χ1) is 7.65. The molecule has 0 amide bonds. The minimum atomic E-state index is 0.684. The smallest absolute Gasteiger partial charge is 0.161 e. The van der Waals surface area contributed by atoms with E-state index in [0.29, 0.717) is 5.92 Å². The zero-order chi connectivity index (χ0) is 11.5. The van der Waals surface area contributed by atoms with Gasteiger partial charge < -0.3 is 5.32 Å². The third-order valence-electron chi connectivity index (χ3n) is 2.22. The SMILES string of the molecule is CC1CN=C(Nc2ccc(Br)cc2Br)SC1. The predicted molar refractivity (Wildman–Crippen MR) is 79.4 cm³/mol. The molecular formula is C11H12Br2N2S. The van der Waals surface area contributed by atoms with Crippen molar-refractivity contribution in [3.05, 3.63) is 27.1 Å². The molecule has 0 radical (unpaired) electrons. The van der Waals surface area contributed by atoms with Crippen molar-refractivity contribution in [2.75, 3.05) is 17.6 Å². The van der Waals surface area contributed by atoms with E-state index in [4.69, 9.17) is 0 Å². The molecule has 0 saturated carbocycles. The van der Waals surface area contributed by atoms with Crippen molar-refractivity contribution >= 4 is 54.5 Å². The molecule has 1 aliphatic rings. The zero-order valence-corrected chi connectivity index (χ0v) is 12.8. The molecule has 0 fully saturated rings. The van der Waals surface area contributed by atoms with Crippen LogP contribution in [0.4, 0.5) is 5.69 Å². The summed E-state index contributed by atoms with van der Waals surface area (Å²) in [5.41, 5.74) is 1.06. The number of halogens is 2. The van der Waals surface area contributed by atoms with Gasteiger partial charge in [-0.25, -0.2) is 0 Å². The van der Waals surface area contributed by atoms with Crippen molar-refractivity contribution < 1.29 is 0 Å². The molecule has 1 aromatic rings. The van der Waals surface area contributed by atoms with Gasteiger partial charge in [0, 0.05) is 21.2 Å². The average Bonchev–Trinajstić information content (AvgIpc) is 2.25. The Morgan fingerprint density at radius 1 is 1.44 bits per heavy atom. The summed E-state index contributed by atoms with van der Waals surface area (Å²) < 4.78 is 2.11.